The van der Waals surface area contributed by atoms with Crippen molar-refractivity contribution < 1.29 is 8.42 Å². The molecule has 20 heavy (non-hydrogen) atoms. The molecule has 0 amide bonds. The number of benzene rings is 2. The number of sulfonamides is 1. The number of anilines is 1. The SMILES string of the molecule is CN(Cc1ccc(N)cc1)S(=O)(=O)c1cccc(Cl)c1. The van der Waals surface area contributed by atoms with E-state index < -0.39 is 10.0 Å². The second kappa shape index (κ2) is 5.83. The number of hydrogen-bond acceptors (Lipinski definition) is 3. The zero-order valence-corrected chi connectivity index (χ0v) is 12.5. The first-order chi connectivity index (χ1) is 9.39. The molecule has 106 valence electrons. The van der Waals surface area contributed by atoms with Crippen LogP contribution in [0.25, 0.3) is 0 Å². The van der Waals surface area contributed by atoms with Crippen LogP contribution in [-0.2, 0) is 16.6 Å². The summed E-state index contributed by atoms with van der Waals surface area (Å²) in [6, 6.07) is 13.3. The van der Waals surface area contributed by atoms with E-state index >= 15 is 0 Å². The minimum absolute atomic E-state index is 0.183. The van der Waals surface area contributed by atoms with Gasteiger partial charge in [0, 0.05) is 24.3 Å². The molecule has 4 nitrogen and oxygen atoms in total. The van der Waals surface area contributed by atoms with E-state index in [1.807, 2.05) is 0 Å². The predicted octanol–water partition coefficient (Wildman–Crippen LogP) is 2.74. The van der Waals surface area contributed by atoms with E-state index in [9.17, 15) is 8.42 Å². The van der Waals surface area contributed by atoms with Crippen molar-refractivity contribution in [1.29, 1.82) is 0 Å². The van der Waals surface area contributed by atoms with Gasteiger partial charge < -0.3 is 5.73 Å². The molecular weight excluding hydrogens is 296 g/mol. The van der Waals surface area contributed by atoms with Gasteiger partial charge in [0.2, 0.25) is 10.0 Å². The Labute approximate surface area is 123 Å². The van der Waals surface area contributed by atoms with E-state index in [0.717, 1.165) is 5.56 Å². The average Bonchev–Trinajstić information content (AvgIpc) is 2.41. The molecule has 2 rings (SSSR count). The van der Waals surface area contributed by atoms with Crippen molar-refractivity contribution in [2.75, 3.05) is 12.8 Å². The average molecular weight is 311 g/mol. The van der Waals surface area contributed by atoms with Crippen LogP contribution in [0.4, 0.5) is 5.69 Å². The number of nitrogen functional groups attached to an aromatic ring is 1. The third kappa shape index (κ3) is 3.30. The van der Waals surface area contributed by atoms with Crippen LogP contribution in [0, 0.1) is 0 Å². The first-order valence-corrected chi connectivity index (χ1v) is 7.78. The Bertz CT molecular complexity index is 699. The molecule has 0 atom stereocenters. The summed E-state index contributed by atoms with van der Waals surface area (Å²) < 4.78 is 26.1. The fraction of sp³-hybridized carbons (Fsp3) is 0.143. The maximum atomic E-state index is 12.4. The second-order valence-corrected chi connectivity index (χ2v) is 6.94. The Balaban J connectivity index is 2.23. The van der Waals surface area contributed by atoms with Gasteiger partial charge >= 0.3 is 0 Å². The number of nitrogens with two attached hydrogens (primary N) is 1. The molecule has 0 aliphatic heterocycles. The molecule has 2 aromatic carbocycles. The van der Waals surface area contributed by atoms with Gasteiger partial charge in [0.1, 0.15) is 0 Å². The number of hydrogen-bond donors (Lipinski definition) is 1. The molecule has 0 aliphatic carbocycles. The highest BCUT2D eigenvalue weighted by Gasteiger charge is 2.20. The monoisotopic (exact) mass is 310 g/mol. The van der Waals surface area contributed by atoms with E-state index in [4.69, 9.17) is 17.3 Å². The zero-order valence-electron chi connectivity index (χ0n) is 11.0. The van der Waals surface area contributed by atoms with Gasteiger partial charge in [-0.05, 0) is 35.9 Å². The van der Waals surface area contributed by atoms with Gasteiger partial charge in [0.05, 0.1) is 4.90 Å². The molecule has 2 N–H and O–H groups in total. The van der Waals surface area contributed by atoms with Crippen molar-refractivity contribution in [3.63, 3.8) is 0 Å². The Morgan fingerprint density at radius 2 is 1.80 bits per heavy atom. The van der Waals surface area contributed by atoms with Crippen molar-refractivity contribution in [2.45, 2.75) is 11.4 Å². The largest absolute Gasteiger partial charge is 0.399 e. The smallest absolute Gasteiger partial charge is 0.243 e. The van der Waals surface area contributed by atoms with Gasteiger partial charge in [-0.25, -0.2) is 8.42 Å². The van der Waals surface area contributed by atoms with Crippen LogP contribution in [0.5, 0.6) is 0 Å². The van der Waals surface area contributed by atoms with E-state index in [0.29, 0.717) is 10.7 Å². The topological polar surface area (TPSA) is 63.4 Å². The fourth-order valence-corrected chi connectivity index (χ4v) is 3.23. The molecule has 0 spiro atoms. The lowest BCUT2D eigenvalue weighted by Crippen LogP contribution is -2.26. The molecule has 0 aliphatic rings. The fourth-order valence-electron chi connectivity index (χ4n) is 1.77. The van der Waals surface area contributed by atoms with Crippen molar-refractivity contribution in [2.24, 2.45) is 0 Å². The predicted molar refractivity (Wildman–Crippen MR) is 81.0 cm³/mol. The van der Waals surface area contributed by atoms with Crippen LogP contribution in [0.2, 0.25) is 5.02 Å². The van der Waals surface area contributed by atoms with Gasteiger partial charge in [-0.3, -0.25) is 0 Å². The van der Waals surface area contributed by atoms with Crippen molar-refractivity contribution in [1.82, 2.24) is 4.31 Å². The maximum absolute atomic E-state index is 12.4. The Kier molecular flexibility index (Phi) is 4.32. The standard InChI is InChI=1S/C14H15ClN2O2S/c1-17(10-11-5-7-13(16)8-6-11)20(18,19)14-4-2-3-12(15)9-14/h2-9H,10,16H2,1H3. The number of halogens is 1. The van der Waals surface area contributed by atoms with Crippen LogP contribution in [0.1, 0.15) is 5.56 Å². The van der Waals surface area contributed by atoms with Crippen LogP contribution in [-0.4, -0.2) is 19.8 Å². The third-order valence-electron chi connectivity index (χ3n) is 2.89. The van der Waals surface area contributed by atoms with E-state index in [2.05, 4.69) is 0 Å². The van der Waals surface area contributed by atoms with Crippen LogP contribution in [0.3, 0.4) is 0 Å². The highest BCUT2D eigenvalue weighted by Crippen LogP contribution is 2.20. The molecule has 0 radical (unpaired) electrons. The summed E-state index contributed by atoms with van der Waals surface area (Å²) in [5, 5.41) is 0.395. The van der Waals surface area contributed by atoms with Crippen molar-refractivity contribution >= 4 is 27.3 Å². The van der Waals surface area contributed by atoms with Gasteiger partial charge in [-0.2, -0.15) is 4.31 Å². The minimum atomic E-state index is -3.55. The highest BCUT2D eigenvalue weighted by atomic mass is 35.5. The quantitative estimate of drug-likeness (QED) is 0.883. The number of nitrogens with zero attached hydrogens (tertiary/aromatic N) is 1. The zero-order chi connectivity index (χ0) is 14.8. The Morgan fingerprint density at radius 1 is 1.15 bits per heavy atom. The van der Waals surface area contributed by atoms with Crippen LogP contribution < -0.4 is 5.73 Å². The summed E-state index contributed by atoms with van der Waals surface area (Å²) in [5.41, 5.74) is 7.12. The third-order valence-corrected chi connectivity index (χ3v) is 4.92. The summed E-state index contributed by atoms with van der Waals surface area (Å²) >= 11 is 5.84. The molecule has 0 unspecified atom stereocenters. The van der Waals surface area contributed by atoms with E-state index in [1.165, 1.54) is 23.5 Å². The summed E-state index contributed by atoms with van der Waals surface area (Å²) in [5.74, 6) is 0. The van der Waals surface area contributed by atoms with Gasteiger partial charge in [-0.15, -0.1) is 0 Å². The molecule has 0 heterocycles. The van der Waals surface area contributed by atoms with Crippen LogP contribution >= 0.6 is 11.6 Å². The molecule has 0 aromatic heterocycles. The molecule has 0 bridgehead atoms. The van der Waals surface area contributed by atoms with E-state index in [-0.39, 0.29) is 11.4 Å². The van der Waals surface area contributed by atoms with Crippen molar-refractivity contribution in [3.05, 3.63) is 59.1 Å². The summed E-state index contributed by atoms with van der Waals surface area (Å²) in [7, 11) is -2.02. The first kappa shape index (κ1) is 14.8. The normalized spacial score (nSPS) is 11.8. The summed E-state index contributed by atoms with van der Waals surface area (Å²) in [4.78, 5) is 0.183. The van der Waals surface area contributed by atoms with Gasteiger partial charge in [0.15, 0.2) is 0 Å². The molecule has 0 fully saturated rings. The van der Waals surface area contributed by atoms with E-state index in [1.54, 1.807) is 36.4 Å². The summed E-state index contributed by atoms with van der Waals surface area (Å²) in [6.07, 6.45) is 0. The highest BCUT2D eigenvalue weighted by molar-refractivity contribution is 7.89. The molecular formula is C14H15ClN2O2S. The number of rotatable bonds is 4. The van der Waals surface area contributed by atoms with Gasteiger partial charge in [-0.1, -0.05) is 29.8 Å². The lowest BCUT2D eigenvalue weighted by Gasteiger charge is -2.17. The minimum Gasteiger partial charge on any atom is -0.399 e. The summed E-state index contributed by atoms with van der Waals surface area (Å²) in [6.45, 7) is 0.273. The lowest BCUT2D eigenvalue weighted by molar-refractivity contribution is 0.467. The molecule has 6 heteroatoms. The molecule has 0 saturated carbocycles. The lowest BCUT2D eigenvalue weighted by atomic mass is 10.2. The Morgan fingerprint density at radius 3 is 2.40 bits per heavy atom. The van der Waals surface area contributed by atoms with Crippen molar-refractivity contribution in [3.8, 4) is 0 Å². The second-order valence-electron chi connectivity index (χ2n) is 4.46. The molecule has 0 saturated heterocycles. The van der Waals surface area contributed by atoms with Crippen LogP contribution in [0.15, 0.2) is 53.4 Å². The molecule has 2 aromatic rings. The van der Waals surface area contributed by atoms with Gasteiger partial charge in [0.25, 0.3) is 0 Å². The first-order valence-electron chi connectivity index (χ1n) is 5.96. The Hall–Kier alpha value is -1.56. The maximum Gasteiger partial charge on any atom is 0.243 e.